The van der Waals surface area contributed by atoms with Gasteiger partial charge >= 0.3 is 6.03 Å². The van der Waals surface area contributed by atoms with E-state index < -0.39 is 6.03 Å². The molecule has 0 atom stereocenters. The molecular formula is C16H23FN4O2. The van der Waals surface area contributed by atoms with Gasteiger partial charge in [0.1, 0.15) is 5.82 Å². The van der Waals surface area contributed by atoms with E-state index in [1.807, 2.05) is 0 Å². The van der Waals surface area contributed by atoms with Gasteiger partial charge in [-0.15, -0.1) is 0 Å². The molecule has 6 nitrogen and oxygen atoms in total. The fraction of sp³-hybridized carbons (Fsp3) is 0.500. The van der Waals surface area contributed by atoms with Crippen molar-refractivity contribution < 1.29 is 14.0 Å². The van der Waals surface area contributed by atoms with Crippen LogP contribution < -0.4 is 10.6 Å². The standard InChI is InChI=1S/C16H23FN4O2/c1-2-20-7-9-21(10-8-20)15(22)12-19-16(23)18-11-13-3-5-14(17)6-4-13/h3-6H,2,7-12H2,1H3,(H2,18,19,23). The van der Waals surface area contributed by atoms with Gasteiger partial charge in [-0.25, -0.2) is 9.18 Å². The first kappa shape index (κ1) is 17.2. The normalized spacial score (nSPS) is 15.3. The molecule has 1 aromatic rings. The first-order valence-corrected chi connectivity index (χ1v) is 7.84. The number of halogens is 1. The number of nitrogens with one attached hydrogen (secondary N) is 2. The molecule has 1 aliphatic heterocycles. The van der Waals surface area contributed by atoms with E-state index >= 15 is 0 Å². The van der Waals surface area contributed by atoms with Crippen molar-refractivity contribution in [2.75, 3.05) is 39.3 Å². The topological polar surface area (TPSA) is 64.7 Å². The van der Waals surface area contributed by atoms with E-state index in [-0.39, 0.29) is 24.8 Å². The summed E-state index contributed by atoms with van der Waals surface area (Å²) in [6, 6.07) is 5.49. The lowest BCUT2D eigenvalue weighted by atomic mass is 10.2. The van der Waals surface area contributed by atoms with Crippen molar-refractivity contribution in [2.45, 2.75) is 13.5 Å². The highest BCUT2D eigenvalue weighted by molar-refractivity contribution is 5.84. The van der Waals surface area contributed by atoms with Gasteiger partial charge in [-0.2, -0.15) is 0 Å². The second-order valence-electron chi connectivity index (χ2n) is 5.48. The summed E-state index contributed by atoms with van der Waals surface area (Å²) in [6.45, 7) is 6.52. The maximum absolute atomic E-state index is 12.8. The van der Waals surface area contributed by atoms with Crippen molar-refractivity contribution >= 4 is 11.9 Å². The van der Waals surface area contributed by atoms with Gasteiger partial charge in [-0.3, -0.25) is 4.79 Å². The number of carbonyl (C=O) groups excluding carboxylic acids is 2. The van der Waals surface area contributed by atoms with Crippen molar-refractivity contribution in [3.63, 3.8) is 0 Å². The Labute approximate surface area is 135 Å². The molecule has 0 aliphatic carbocycles. The summed E-state index contributed by atoms with van der Waals surface area (Å²) in [4.78, 5) is 27.8. The number of piperazine rings is 1. The van der Waals surface area contributed by atoms with E-state index in [4.69, 9.17) is 0 Å². The van der Waals surface area contributed by atoms with Crippen LogP contribution >= 0.6 is 0 Å². The van der Waals surface area contributed by atoms with Crippen LogP contribution in [0.4, 0.5) is 9.18 Å². The fourth-order valence-electron chi connectivity index (χ4n) is 2.43. The third-order valence-corrected chi connectivity index (χ3v) is 3.94. The number of urea groups is 1. The van der Waals surface area contributed by atoms with Gasteiger partial charge in [-0.1, -0.05) is 19.1 Å². The summed E-state index contributed by atoms with van der Waals surface area (Å²) in [7, 11) is 0. The summed E-state index contributed by atoms with van der Waals surface area (Å²) in [5.74, 6) is -0.385. The van der Waals surface area contributed by atoms with Crippen molar-refractivity contribution in [3.05, 3.63) is 35.6 Å². The molecular weight excluding hydrogens is 299 g/mol. The Kier molecular flexibility index (Phi) is 6.34. The number of hydrogen-bond acceptors (Lipinski definition) is 3. The number of benzene rings is 1. The largest absolute Gasteiger partial charge is 0.339 e. The number of likely N-dealkylation sites (N-methyl/N-ethyl adjacent to an activating group) is 1. The Morgan fingerprint density at radius 1 is 1.09 bits per heavy atom. The first-order valence-electron chi connectivity index (χ1n) is 7.84. The molecule has 0 bridgehead atoms. The molecule has 0 unspecified atom stereocenters. The van der Waals surface area contributed by atoms with E-state index in [1.165, 1.54) is 12.1 Å². The minimum Gasteiger partial charge on any atom is -0.339 e. The van der Waals surface area contributed by atoms with Crippen LogP contribution in [-0.2, 0) is 11.3 Å². The summed E-state index contributed by atoms with van der Waals surface area (Å²) >= 11 is 0. The van der Waals surface area contributed by atoms with Crippen molar-refractivity contribution in [1.29, 1.82) is 0 Å². The number of hydrogen-bond donors (Lipinski definition) is 2. The Morgan fingerprint density at radius 3 is 2.35 bits per heavy atom. The minimum atomic E-state index is -0.408. The summed E-state index contributed by atoms with van der Waals surface area (Å²) in [5, 5.41) is 5.20. The lowest BCUT2D eigenvalue weighted by molar-refractivity contribution is -0.131. The van der Waals surface area contributed by atoms with Crippen LogP contribution in [0.2, 0.25) is 0 Å². The van der Waals surface area contributed by atoms with E-state index in [0.717, 1.165) is 25.2 Å². The molecule has 2 rings (SSSR count). The third kappa shape index (κ3) is 5.52. The molecule has 7 heteroatoms. The zero-order valence-electron chi connectivity index (χ0n) is 13.3. The Hall–Kier alpha value is -2.15. The van der Waals surface area contributed by atoms with E-state index in [1.54, 1.807) is 17.0 Å². The number of nitrogens with zero attached hydrogens (tertiary/aromatic N) is 2. The number of amides is 3. The Bertz CT molecular complexity index is 527. The third-order valence-electron chi connectivity index (χ3n) is 3.94. The predicted molar refractivity (Wildman–Crippen MR) is 85.3 cm³/mol. The summed E-state index contributed by atoms with van der Waals surface area (Å²) in [5.41, 5.74) is 0.795. The molecule has 1 fully saturated rings. The number of rotatable bonds is 5. The summed E-state index contributed by atoms with van der Waals surface area (Å²) < 4.78 is 12.8. The average molecular weight is 322 g/mol. The zero-order valence-corrected chi connectivity index (χ0v) is 13.3. The van der Waals surface area contributed by atoms with Gasteiger partial charge in [0.2, 0.25) is 5.91 Å². The van der Waals surface area contributed by atoms with Crippen LogP contribution in [0, 0.1) is 5.82 Å². The van der Waals surface area contributed by atoms with Gasteiger partial charge in [-0.05, 0) is 24.2 Å². The van der Waals surface area contributed by atoms with Crippen LogP contribution in [0.25, 0.3) is 0 Å². The van der Waals surface area contributed by atoms with Crippen LogP contribution in [-0.4, -0.2) is 61.0 Å². The Morgan fingerprint density at radius 2 is 1.74 bits per heavy atom. The van der Waals surface area contributed by atoms with Crippen molar-refractivity contribution in [2.24, 2.45) is 0 Å². The molecule has 3 amide bonds. The minimum absolute atomic E-state index is 0.0125. The molecule has 1 saturated heterocycles. The van der Waals surface area contributed by atoms with Gasteiger partial charge < -0.3 is 20.4 Å². The molecule has 1 aromatic carbocycles. The molecule has 1 heterocycles. The molecule has 0 aromatic heterocycles. The van der Waals surface area contributed by atoms with Crippen molar-refractivity contribution in [1.82, 2.24) is 20.4 Å². The van der Waals surface area contributed by atoms with Crippen LogP contribution in [0.15, 0.2) is 24.3 Å². The molecule has 126 valence electrons. The monoisotopic (exact) mass is 322 g/mol. The quantitative estimate of drug-likeness (QED) is 0.842. The second kappa shape index (κ2) is 8.47. The highest BCUT2D eigenvalue weighted by atomic mass is 19.1. The van der Waals surface area contributed by atoms with E-state index in [9.17, 15) is 14.0 Å². The molecule has 23 heavy (non-hydrogen) atoms. The van der Waals surface area contributed by atoms with Gasteiger partial charge in [0.05, 0.1) is 6.54 Å². The summed E-state index contributed by atoms with van der Waals surface area (Å²) in [6.07, 6.45) is 0. The van der Waals surface area contributed by atoms with Crippen LogP contribution in [0.3, 0.4) is 0 Å². The first-order chi connectivity index (χ1) is 11.1. The highest BCUT2D eigenvalue weighted by Gasteiger charge is 2.20. The highest BCUT2D eigenvalue weighted by Crippen LogP contribution is 2.02. The lowest BCUT2D eigenvalue weighted by Gasteiger charge is -2.34. The van der Waals surface area contributed by atoms with Crippen LogP contribution in [0.1, 0.15) is 12.5 Å². The van der Waals surface area contributed by atoms with Crippen molar-refractivity contribution in [3.8, 4) is 0 Å². The van der Waals surface area contributed by atoms with Gasteiger partial charge in [0, 0.05) is 32.7 Å². The molecule has 1 aliphatic rings. The average Bonchev–Trinajstić information content (AvgIpc) is 2.59. The lowest BCUT2D eigenvalue weighted by Crippen LogP contribution is -2.51. The zero-order chi connectivity index (χ0) is 16.7. The molecule has 0 radical (unpaired) electrons. The Balaban J connectivity index is 1.66. The molecule has 0 saturated carbocycles. The predicted octanol–water partition coefficient (Wildman–Crippen LogP) is 0.789. The molecule has 2 N–H and O–H groups in total. The number of carbonyl (C=O) groups is 2. The van der Waals surface area contributed by atoms with E-state index in [2.05, 4.69) is 22.5 Å². The fourth-order valence-corrected chi connectivity index (χ4v) is 2.43. The SMILES string of the molecule is CCN1CCN(C(=O)CNC(=O)NCc2ccc(F)cc2)CC1. The maximum atomic E-state index is 12.8. The van der Waals surface area contributed by atoms with Gasteiger partial charge in [0.25, 0.3) is 0 Å². The molecule has 0 spiro atoms. The van der Waals surface area contributed by atoms with E-state index in [0.29, 0.717) is 13.1 Å². The smallest absolute Gasteiger partial charge is 0.315 e. The van der Waals surface area contributed by atoms with Crippen LogP contribution in [0.5, 0.6) is 0 Å². The second-order valence-corrected chi connectivity index (χ2v) is 5.48. The van der Waals surface area contributed by atoms with Gasteiger partial charge in [0.15, 0.2) is 0 Å². The maximum Gasteiger partial charge on any atom is 0.315 e.